The van der Waals surface area contributed by atoms with Crippen LogP contribution in [-0.2, 0) is 11.2 Å². The topological polar surface area (TPSA) is 138 Å². The van der Waals surface area contributed by atoms with Gasteiger partial charge in [0, 0.05) is 18.8 Å². The molecule has 0 aliphatic heterocycles. The molecule has 4 aromatic rings. The number of amides is 1. The fourth-order valence-electron chi connectivity index (χ4n) is 2.61. The van der Waals surface area contributed by atoms with Crippen molar-refractivity contribution >= 4 is 34.4 Å². The molecule has 3 aromatic heterocycles. The Balaban J connectivity index is 2.01. The SMILES string of the molecule is [2H]c1nc2c(c(-c3nc(N)c(N(C)C(=O)OC([2H])([2H])[2H])c(N)n3)nn2C([2H])([2H])c2c([2H])c([2H])c([2H])c([2H])c2F)c([2H])c1[2H]. The zero-order valence-corrected chi connectivity index (χ0v) is 15.5. The number of halogens is 1. The molecule has 10 nitrogen and oxygen atoms in total. The summed E-state index contributed by atoms with van der Waals surface area (Å²) in [5.41, 5.74) is 9.25. The van der Waals surface area contributed by atoms with Gasteiger partial charge in [0.15, 0.2) is 23.1 Å². The van der Waals surface area contributed by atoms with Crippen molar-refractivity contribution in [1.29, 1.82) is 0 Å². The van der Waals surface area contributed by atoms with Gasteiger partial charge in [-0.25, -0.2) is 28.8 Å². The van der Waals surface area contributed by atoms with Crippen LogP contribution in [0.2, 0.25) is 0 Å². The van der Waals surface area contributed by atoms with Crippen LogP contribution in [0.25, 0.3) is 22.6 Å². The molecule has 0 unspecified atom stereocenters. The molecular weight excluding hydrogens is 403 g/mol. The molecule has 4 N–H and O–H groups in total. The minimum Gasteiger partial charge on any atom is -0.452 e. The summed E-state index contributed by atoms with van der Waals surface area (Å²) in [5, 5.41) is 3.58. The Labute approximate surface area is 193 Å². The van der Waals surface area contributed by atoms with Gasteiger partial charge in [0.25, 0.3) is 0 Å². The second kappa shape index (κ2) is 7.86. The number of nitrogens with zero attached hydrogens (tertiary/aromatic N) is 6. The lowest BCUT2D eigenvalue weighted by molar-refractivity contribution is 0.180. The third kappa shape index (κ3) is 3.56. The van der Waals surface area contributed by atoms with Crippen LogP contribution in [0.15, 0.2) is 42.4 Å². The number of carbonyl (C=O) groups excluding carboxylic acids is 1. The Hall–Kier alpha value is -4.28. The van der Waals surface area contributed by atoms with Crippen LogP contribution in [0.3, 0.4) is 0 Å². The molecule has 0 bridgehead atoms. The fraction of sp³-hybridized carbons (Fsp3) is 0.150. The van der Waals surface area contributed by atoms with Crippen molar-refractivity contribution in [2.24, 2.45) is 0 Å². The van der Waals surface area contributed by atoms with Gasteiger partial charge < -0.3 is 16.2 Å². The summed E-state index contributed by atoms with van der Waals surface area (Å²) in [6.07, 6.45) is -2.20. The first kappa shape index (κ1) is 10.2. The van der Waals surface area contributed by atoms with E-state index < -0.39 is 113 Å². The van der Waals surface area contributed by atoms with Crippen LogP contribution in [0.4, 0.5) is 26.5 Å². The maximum Gasteiger partial charge on any atom is 0.413 e. The Morgan fingerprint density at radius 2 is 2.03 bits per heavy atom. The second-order valence-electron chi connectivity index (χ2n) is 5.83. The average Bonchev–Trinajstić information content (AvgIpc) is 3.28. The summed E-state index contributed by atoms with van der Waals surface area (Å²) < 4.78 is 114. The Morgan fingerprint density at radius 1 is 1.29 bits per heavy atom. The van der Waals surface area contributed by atoms with E-state index in [4.69, 9.17) is 27.9 Å². The van der Waals surface area contributed by atoms with Crippen LogP contribution in [0.5, 0.6) is 0 Å². The summed E-state index contributed by atoms with van der Waals surface area (Å²) in [6.45, 7) is -3.25. The largest absolute Gasteiger partial charge is 0.452 e. The number of pyridine rings is 1. The van der Waals surface area contributed by atoms with Crippen LogP contribution in [-0.4, -0.2) is 44.9 Å². The normalized spacial score (nSPS) is 17.4. The highest BCUT2D eigenvalue weighted by Gasteiger charge is 2.23. The third-order valence-electron chi connectivity index (χ3n) is 3.97. The number of ether oxygens (including phenoxy) is 1. The summed E-state index contributed by atoms with van der Waals surface area (Å²) >= 11 is 0. The number of nitrogen functional groups attached to an aromatic ring is 2. The fourth-order valence-corrected chi connectivity index (χ4v) is 2.61. The van der Waals surface area contributed by atoms with E-state index in [9.17, 15) is 4.79 Å². The minimum atomic E-state index is -3.25. The van der Waals surface area contributed by atoms with E-state index in [0.29, 0.717) is 9.58 Å². The molecule has 31 heavy (non-hydrogen) atoms. The Bertz CT molecular complexity index is 1780. The number of anilines is 3. The first-order valence-corrected chi connectivity index (χ1v) is 8.24. The smallest absolute Gasteiger partial charge is 0.413 e. The van der Waals surface area contributed by atoms with Gasteiger partial charge in [0.2, 0.25) is 0 Å². The number of methoxy groups -OCH3 is 1. The summed E-state index contributed by atoms with van der Waals surface area (Å²) in [6, 6.07) is -5.60. The lowest BCUT2D eigenvalue weighted by Gasteiger charge is -2.18. The van der Waals surface area contributed by atoms with Gasteiger partial charge in [-0.2, -0.15) is 5.10 Å². The summed E-state index contributed by atoms with van der Waals surface area (Å²) in [4.78, 5) is 24.6. The van der Waals surface area contributed by atoms with Crippen LogP contribution in [0.1, 0.15) is 22.0 Å². The standard InChI is InChI=1S/C20H19FN8O2/c1-28(20(30)31-2)15-16(22)25-18(26-17(15)23)14-12-7-5-9-24-19(12)29(27-14)10-11-6-3-4-8-13(11)21/h3-9H,10H2,1-2H3,(H4,22,23,25,26)/i2D3,3D,4D,5D,6D,7D,8D,9D,10D2. The van der Waals surface area contributed by atoms with E-state index in [-0.39, 0.29) is 0 Å². The van der Waals surface area contributed by atoms with Gasteiger partial charge in [-0.3, -0.25) is 4.90 Å². The van der Waals surface area contributed by atoms with Gasteiger partial charge in [-0.15, -0.1) is 0 Å². The van der Waals surface area contributed by atoms with Crippen molar-refractivity contribution in [3.05, 3.63) is 53.8 Å². The maximum atomic E-state index is 15.2. The van der Waals surface area contributed by atoms with Crippen LogP contribution < -0.4 is 16.4 Å². The van der Waals surface area contributed by atoms with Crippen molar-refractivity contribution < 1.29 is 30.4 Å². The van der Waals surface area contributed by atoms with Crippen molar-refractivity contribution in [3.8, 4) is 11.5 Å². The number of benzene rings is 1. The molecule has 158 valence electrons. The third-order valence-corrected chi connectivity index (χ3v) is 3.97. The van der Waals surface area contributed by atoms with Crippen molar-refractivity contribution in [2.75, 3.05) is 30.5 Å². The highest BCUT2D eigenvalue weighted by atomic mass is 19.1. The first-order chi connectivity index (χ1) is 19.7. The molecular formula is C20H19FN8O2. The van der Waals surface area contributed by atoms with E-state index in [1.54, 1.807) is 0 Å². The number of carbonyl (C=O) groups is 1. The first-order valence-electron chi connectivity index (χ1n) is 14.2. The quantitative estimate of drug-likeness (QED) is 0.499. The molecule has 1 aromatic carbocycles. The number of fused-ring (bicyclic) bond motifs is 1. The number of rotatable bonds is 4. The number of aromatic nitrogens is 5. The molecule has 0 saturated heterocycles. The number of hydrogen-bond donors (Lipinski definition) is 2. The highest BCUT2D eigenvalue weighted by molar-refractivity contribution is 5.96. The van der Waals surface area contributed by atoms with E-state index >= 15 is 4.39 Å². The molecule has 0 aliphatic rings. The number of nitrogens with two attached hydrogens (primary N) is 2. The second-order valence-corrected chi connectivity index (χ2v) is 5.83. The summed E-state index contributed by atoms with van der Waals surface area (Å²) in [7, 11) is -2.05. The Kier molecular flexibility index (Phi) is 2.57. The monoisotopic (exact) mass is 434 g/mol. The molecule has 0 aliphatic carbocycles. The van der Waals surface area contributed by atoms with Gasteiger partial charge in [-0.05, 0) is 18.1 Å². The van der Waals surface area contributed by atoms with E-state index in [0.717, 1.165) is 7.05 Å². The van der Waals surface area contributed by atoms with E-state index in [1.165, 1.54) is 0 Å². The minimum absolute atomic E-state index is 0.343. The van der Waals surface area contributed by atoms with Crippen molar-refractivity contribution in [2.45, 2.75) is 6.50 Å². The van der Waals surface area contributed by atoms with Gasteiger partial charge >= 0.3 is 6.09 Å². The average molecular weight is 434 g/mol. The molecule has 11 heteroatoms. The van der Waals surface area contributed by atoms with Crippen molar-refractivity contribution in [3.63, 3.8) is 0 Å². The van der Waals surface area contributed by atoms with Crippen LogP contribution in [0, 0.1) is 5.82 Å². The predicted octanol–water partition coefficient (Wildman–Crippen LogP) is 2.44. The van der Waals surface area contributed by atoms with E-state index in [1.807, 2.05) is 0 Å². The molecule has 1 amide bonds. The Morgan fingerprint density at radius 3 is 2.77 bits per heavy atom. The zero-order chi connectivity index (χ0) is 32.5. The van der Waals surface area contributed by atoms with Crippen molar-refractivity contribution in [1.82, 2.24) is 24.7 Å². The lowest BCUT2D eigenvalue weighted by atomic mass is 10.2. The zero-order valence-electron chi connectivity index (χ0n) is 27.5. The molecule has 3 heterocycles. The molecule has 0 radical (unpaired) electrons. The lowest BCUT2D eigenvalue weighted by Crippen LogP contribution is -2.28. The predicted molar refractivity (Wildman–Crippen MR) is 114 cm³/mol. The number of hydrogen-bond acceptors (Lipinski definition) is 8. The van der Waals surface area contributed by atoms with Gasteiger partial charge in [0.05, 0.1) is 35.4 Å². The van der Waals surface area contributed by atoms with Gasteiger partial charge in [0.1, 0.15) is 17.2 Å². The molecule has 0 spiro atoms. The van der Waals surface area contributed by atoms with Gasteiger partial charge in [-0.1, -0.05) is 18.1 Å². The van der Waals surface area contributed by atoms with E-state index in [2.05, 4.69) is 24.8 Å². The molecule has 0 fully saturated rings. The summed E-state index contributed by atoms with van der Waals surface area (Å²) in [5.74, 6) is -3.25. The molecule has 4 rings (SSSR count). The molecule has 0 saturated carbocycles. The highest BCUT2D eigenvalue weighted by Crippen LogP contribution is 2.32. The van der Waals surface area contributed by atoms with Crippen LogP contribution >= 0.6 is 0 Å². The maximum absolute atomic E-state index is 15.2. The molecule has 0 atom stereocenters.